The predicted molar refractivity (Wildman–Crippen MR) is 76.8 cm³/mol. The van der Waals surface area contributed by atoms with Crippen molar-refractivity contribution in [3.05, 3.63) is 40.4 Å². The lowest BCUT2D eigenvalue weighted by Gasteiger charge is -2.06. The molecule has 1 aromatic carbocycles. The van der Waals surface area contributed by atoms with Gasteiger partial charge in [0, 0.05) is 5.92 Å². The molecule has 0 fully saturated rings. The van der Waals surface area contributed by atoms with Crippen LogP contribution in [0.4, 0.5) is 5.69 Å². The summed E-state index contributed by atoms with van der Waals surface area (Å²) in [5, 5.41) is 18.1. The van der Waals surface area contributed by atoms with E-state index in [0.29, 0.717) is 5.82 Å². The molecule has 1 amide bonds. The normalized spacial score (nSPS) is 10.7. The molecule has 8 heteroatoms. The third-order valence-electron chi connectivity index (χ3n) is 2.71. The number of hydrogen-bond acceptors (Lipinski definition) is 4. The molecule has 3 N–H and O–H groups in total. The zero-order valence-electron chi connectivity index (χ0n) is 11.3. The van der Waals surface area contributed by atoms with Crippen LogP contribution in [0.2, 0.25) is 5.02 Å². The van der Waals surface area contributed by atoms with Crippen molar-refractivity contribution in [3.8, 4) is 0 Å². The number of amides is 1. The molecule has 21 heavy (non-hydrogen) atoms. The Hall–Kier alpha value is -2.41. The van der Waals surface area contributed by atoms with Crippen LogP contribution in [-0.2, 0) is 0 Å². The number of halogens is 1. The van der Waals surface area contributed by atoms with E-state index in [0.717, 1.165) is 0 Å². The maximum Gasteiger partial charge on any atom is 0.335 e. The summed E-state index contributed by atoms with van der Waals surface area (Å²) in [4.78, 5) is 27.0. The highest BCUT2D eigenvalue weighted by Gasteiger charge is 2.16. The van der Waals surface area contributed by atoms with Gasteiger partial charge in [-0.25, -0.2) is 9.78 Å². The molecule has 0 saturated carbocycles. The van der Waals surface area contributed by atoms with Gasteiger partial charge >= 0.3 is 5.97 Å². The van der Waals surface area contributed by atoms with E-state index in [9.17, 15) is 9.59 Å². The Morgan fingerprint density at radius 1 is 1.38 bits per heavy atom. The maximum absolute atomic E-state index is 12.0. The van der Waals surface area contributed by atoms with Crippen molar-refractivity contribution in [3.63, 3.8) is 0 Å². The van der Waals surface area contributed by atoms with E-state index in [1.165, 1.54) is 18.2 Å². The Kier molecular flexibility index (Phi) is 4.23. The third kappa shape index (κ3) is 3.38. The van der Waals surface area contributed by atoms with Crippen LogP contribution >= 0.6 is 11.6 Å². The summed E-state index contributed by atoms with van der Waals surface area (Å²) >= 11 is 5.93. The minimum Gasteiger partial charge on any atom is -0.478 e. The fourth-order valence-corrected chi connectivity index (χ4v) is 1.73. The number of carbonyl (C=O) groups excluding carboxylic acids is 1. The summed E-state index contributed by atoms with van der Waals surface area (Å²) in [6, 6.07) is 4.03. The van der Waals surface area contributed by atoms with Crippen LogP contribution in [0.3, 0.4) is 0 Å². The lowest BCUT2D eigenvalue weighted by Crippen LogP contribution is -2.14. The summed E-state index contributed by atoms with van der Waals surface area (Å²) in [5.74, 6) is -1.01. The highest BCUT2D eigenvalue weighted by Crippen LogP contribution is 2.23. The molecule has 0 aliphatic carbocycles. The number of H-pyrrole nitrogens is 1. The molecule has 0 unspecified atom stereocenters. The Balaban J connectivity index is 2.22. The smallest absolute Gasteiger partial charge is 0.335 e. The van der Waals surface area contributed by atoms with Gasteiger partial charge in [-0.1, -0.05) is 25.4 Å². The topological polar surface area (TPSA) is 108 Å². The second-order valence-electron chi connectivity index (χ2n) is 4.65. The summed E-state index contributed by atoms with van der Waals surface area (Å²) in [5.41, 5.74) is 0.213. The van der Waals surface area contributed by atoms with Gasteiger partial charge in [-0.15, -0.1) is 5.10 Å². The fourth-order valence-electron chi connectivity index (χ4n) is 1.57. The number of hydrogen-bond donors (Lipinski definition) is 3. The summed E-state index contributed by atoms with van der Waals surface area (Å²) in [6.45, 7) is 3.82. The van der Waals surface area contributed by atoms with Gasteiger partial charge in [0.15, 0.2) is 0 Å². The molecule has 2 rings (SSSR count). The van der Waals surface area contributed by atoms with Crippen LogP contribution < -0.4 is 5.32 Å². The SMILES string of the molecule is CC(C)c1nc(C(=O)Nc2cc(C(=O)O)ccc2Cl)n[nH]1. The minimum atomic E-state index is -1.11. The van der Waals surface area contributed by atoms with E-state index >= 15 is 0 Å². The molecule has 7 nitrogen and oxygen atoms in total. The highest BCUT2D eigenvalue weighted by atomic mass is 35.5. The molecule has 2 aromatic rings. The molecule has 0 atom stereocenters. The third-order valence-corrected chi connectivity index (χ3v) is 3.04. The van der Waals surface area contributed by atoms with Gasteiger partial charge in [-0.3, -0.25) is 9.89 Å². The molecular formula is C13H13ClN4O3. The number of aromatic carboxylic acids is 1. The van der Waals surface area contributed by atoms with E-state index in [1.807, 2.05) is 13.8 Å². The lowest BCUT2D eigenvalue weighted by atomic mass is 10.2. The second-order valence-corrected chi connectivity index (χ2v) is 5.06. The van der Waals surface area contributed by atoms with Crippen molar-refractivity contribution in [1.82, 2.24) is 15.2 Å². The number of carbonyl (C=O) groups is 2. The largest absolute Gasteiger partial charge is 0.478 e. The highest BCUT2D eigenvalue weighted by molar-refractivity contribution is 6.34. The molecule has 0 aliphatic heterocycles. The Morgan fingerprint density at radius 3 is 2.67 bits per heavy atom. The average molecular weight is 309 g/mol. The Labute approximate surface area is 125 Å². The summed E-state index contributed by atoms with van der Waals surface area (Å²) < 4.78 is 0. The number of rotatable bonds is 4. The number of anilines is 1. The van der Waals surface area contributed by atoms with Gasteiger partial charge < -0.3 is 10.4 Å². The number of nitrogens with zero attached hydrogens (tertiary/aromatic N) is 2. The van der Waals surface area contributed by atoms with Crippen molar-refractivity contribution < 1.29 is 14.7 Å². The number of aromatic nitrogens is 3. The van der Waals surface area contributed by atoms with Crippen LogP contribution in [0.15, 0.2) is 18.2 Å². The number of nitrogens with one attached hydrogen (secondary N) is 2. The molecule has 0 saturated heterocycles. The first-order valence-corrected chi connectivity index (χ1v) is 6.52. The lowest BCUT2D eigenvalue weighted by molar-refractivity contribution is 0.0696. The zero-order valence-corrected chi connectivity index (χ0v) is 12.1. The maximum atomic E-state index is 12.0. The first-order chi connectivity index (χ1) is 9.88. The minimum absolute atomic E-state index is 0.0209. The number of benzene rings is 1. The molecule has 1 aromatic heterocycles. The number of carboxylic acid groups (broad SMARTS) is 1. The van der Waals surface area contributed by atoms with E-state index < -0.39 is 11.9 Å². The van der Waals surface area contributed by atoms with Gasteiger partial charge in [-0.05, 0) is 18.2 Å². The van der Waals surface area contributed by atoms with Crippen molar-refractivity contribution in [2.75, 3.05) is 5.32 Å². The van der Waals surface area contributed by atoms with Crippen LogP contribution in [-0.4, -0.2) is 32.2 Å². The number of carboxylic acids is 1. The van der Waals surface area contributed by atoms with E-state index in [-0.39, 0.29) is 28.0 Å². The van der Waals surface area contributed by atoms with Crippen molar-refractivity contribution in [2.45, 2.75) is 19.8 Å². The van der Waals surface area contributed by atoms with Gasteiger partial charge in [0.25, 0.3) is 5.91 Å². The van der Waals surface area contributed by atoms with Crippen LogP contribution in [0, 0.1) is 0 Å². The van der Waals surface area contributed by atoms with Crippen molar-refractivity contribution >= 4 is 29.2 Å². The first kappa shape index (κ1) is 15.0. The average Bonchev–Trinajstić information content (AvgIpc) is 2.90. The van der Waals surface area contributed by atoms with Crippen molar-refractivity contribution in [1.29, 1.82) is 0 Å². The van der Waals surface area contributed by atoms with E-state index in [4.69, 9.17) is 16.7 Å². The molecule has 0 radical (unpaired) electrons. The number of aromatic amines is 1. The standard InChI is InChI=1S/C13H13ClN4O3/c1-6(2)10-16-11(18-17-10)12(19)15-9-5-7(13(20)21)3-4-8(9)14/h3-6H,1-2H3,(H,15,19)(H,20,21)(H,16,17,18). The van der Waals surface area contributed by atoms with Gasteiger partial charge in [0.2, 0.25) is 5.82 Å². The predicted octanol–water partition coefficient (Wildman–Crippen LogP) is 2.53. The molecule has 0 spiro atoms. The Morgan fingerprint density at radius 2 is 2.10 bits per heavy atom. The fraction of sp³-hybridized carbons (Fsp3) is 0.231. The zero-order chi connectivity index (χ0) is 15.6. The molecule has 1 heterocycles. The monoisotopic (exact) mass is 308 g/mol. The van der Waals surface area contributed by atoms with Crippen LogP contribution in [0.5, 0.6) is 0 Å². The van der Waals surface area contributed by atoms with Crippen LogP contribution in [0.25, 0.3) is 0 Å². The molecular weight excluding hydrogens is 296 g/mol. The van der Waals surface area contributed by atoms with E-state index in [1.54, 1.807) is 0 Å². The summed E-state index contributed by atoms with van der Waals surface area (Å²) in [7, 11) is 0. The van der Waals surface area contributed by atoms with Gasteiger partial charge in [0.05, 0.1) is 16.3 Å². The van der Waals surface area contributed by atoms with Crippen molar-refractivity contribution in [2.24, 2.45) is 0 Å². The van der Waals surface area contributed by atoms with Crippen LogP contribution in [0.1, 0.15) is 46.6 Å². The molecule has 0 bridgehead atoms. The second kappa shape index (κ2) is 5.92. The Bertz CT molecular complexity index is 696. The quantitative estimate of drug-likeness (QED) is 0.804. The molecule has 110 valence electrons. The van der Waals surface area contributed by atoms with Gasteiger partial charge in [0.1, 0.15) is 5.82 Å². The first-order valence-electron chi connectivity index (χ1n) is 6.15. The van der Waals surface area contributed by atoms with Gasteiger partial charge in [-0.2, -0.15) is 0 Å². The summed E-state index contributed by atoms with van der Waals surface area (Å²) in [6.07, 6.45) is 0. The van der Waals surface area contributed by atoms with E-state index in [2.05, 4.69) is 20.5 Å². The molecule has 0 aliphatic rings.